The SMILES string of the molecule is Cc1cc(C)cc(CNC(=O)Nc2ccc(-c3ccccc3)cc2)c1. The Kier molecular flexibility index (Phi) is 5.14. The van der Waals surface area contributed by atoms with Crippen molar-refractivity contribution in [2.75, 3.05) is 5.32 Å². The van der Waals surface area contributed by atoms with E-state index in [-0.39, 0.29) is 6.03 Å². The Morgan fingerprint density at radius 3 is 2.04 bits per heavy atom. The quantitative estimate of drug-likeness (QED) is 0.670. The second-order valence-corrected chi connectivity index (χ2v) is 6.25. The van der Waals surface area contributed by atoms with Crippen molar-refractivity contribution in [1.29, 1.82) is 0 Å². The van der Waals surface area contributed by atoms with Crippen LogP contribution in [-0.4, -0.2) is 6.03 Å². The Bertz CT molecular complexity index is 835. The van der Waals surface area contributed by atoms with E-state index in [1.54, 1.807) is 0 Å². The van der Waals surface area contributed by atoms with Crippen LogP contribution in [0.2, 0.25) is 0 Å². The molecule has 0 spiro atoms. The Balaban J connectivity index is 1.57. The predicted molar refractivity (Wildman–Crippen MR) is 104 cm³/mol. The van der Waals surface area contributed by atoms with Gasteiger partial charge in [-0.25, -0.2) is 4.79 Å². The fourth-order valence-electron chi connectivity index (χ4n) is 2.91. The van der Waals surface area contributed by atoms with E-state index in [9.17, 15) is 4.79 Å². The van der Waals surface area contributed by atoms with Crippen molar-refractivity contribution in [3.05, 3.63) is 89.5 Å². The zero-order valence-corrected chi connectivity index (χ0v) is 14.5. The minimum atomic E-state index is -0.202. The van der Waals surface area contributed by atoms with E-state index in [2.05, 4.69) is 54.8 Å². The average molecular weight is 330 g/mol. The van der Waals surface area contributed by atoms with Gasteiger partial charge in [-0.1, -0.05) is 71.8 Å². The fourth-order valence-corrected chi connectivity index (χ4v) is 2.91. The molecule has 0 aliphatic heterocycles. The third-order valence-electron chi connectivity index (χ3n) is 3.98. The lowest BCUT2D eigenvalue weighted by Crippen LogP contribution is -2.28. The van der Waals surface area contributed by atoms with Crippen molar-refractivity contribution < 1.29 is 4.79 Å². The first-order valence-electron chi connectivity index (χ1n) is 8.38. The van der Waals surface area contributed by atoms with E-state index < -0.39 is 0 Å². The van der Waals surface area contributed by atoms with E-state index >= 15 is 0 Å². The summed E-state index contributed by atoms with van der Waals surface area (Å²) in [7, 11) is 0. The van der Waals surface area contributed by atoms with Crippen LogP contribution in [0.5, 0.6) is 0 Å². The minimum absolute atomic E-state index is 0.202. The summed E-state index contributed by atoms with van der Waals surface area (Å²) in [5.41, 5.74) is 6.57. The highest BCUT2D eigenvalue weighted by Crippen LogP contribution is 2.20. The number of carbonyl (C=O) groups is 1. The van der Waals surface area contributed by atoms with Crippen LogP contribution in [-0.2, 0) is 6.54 Å². The van der Waals surface area contributed by atoms with Crippen molar-refractivity contribution in [3.8, 4) is 11.1 Å². The maximum Gasteiger partial charge on any atom is 0.319 e. The highest BCUT2D eigenvalue weighted by molar-refractivity contribution is 5.89. The maximum absolute atomic E-state index is 12.1. The number of aryl methyl sites for hydroxylation is 2. The molecule has 0 bridgehead atoms. The maximum atomic E-state index is 12.1. The number of hydrogen-bond acceptors (Lipinski definition) is 1. The number of hydrogen-bond donors (Lipinski definition) is 2. The van der Waals surface area contributed by atoms with Crippen LogP contribution in [0.3, 0.4) is 0 Å². The normalized spacial score (nSPS) is 10.3. The Morgan fingerprint density at radius 1 is 0.800 bits per heavy atom. The predicted octanol–water partition coefficient (Wildman–Crippen LogP) is 5.29. The topological polar surface area (TPSA) is 41.1 Å². The number of amides is 2. The van der Waals surface area contributed by atoms with Crippen LogP contribution in [0.1, 0.15) is 16.7 Å². The first kappa shape index (κ1) is 16.8. The molecule has 0 heterocycles. The summed E-state index contributed by atoms with van der Waals surface area (Å²) in [6.07, 6.45) is 0. The molecule has 126 valence electrons. The molecule has 0 unspecified atom stereocenters. The van der Waals surface area contributed by atoms with Crippen LogP contribution in [0.15, 0.2) is 72.8 Å². The largest absolute Gasteiger partial charge is 0.334 e. The van der Waals surface area contributed by atoms with Crippen molar-refractivity contribution >= 4 is 11.7 Å². The zero-order valence-electron chi connectivity index (χ0n) is 14.5. The second-order valence-electron chi connectivity index (χ2n) is 6.25. The number of carbonyl (C=O) groups excluding carboxylic acids is 1. The van der Waals surface area contributed by atoms with Gasteiger partial charge >= 0.3 is 6.03 Å². The Hall–Kier alpha value is -3.07. The molecule has 0 aliphatic rings. The van der Waals surface area contributed by atoms with E-state index in [1.807, 2.05) is 42.5 Å². The van der Waals surface area contributed by atoms with Crippen LogP contribution in [0.4, 0.5) is 10.5 Å². The summed E-state index contributed by atoms with van der Waals surface area (Å²) in [5.74, 6) is 0. The van der Waals surface area contributed by atoms with Crippen LogP contribution >= 0.6 is 0 Å². The molecule has 25 heavy (non-hydrogen) atoms. The summed E-state index contributed by atoms with van der Waals surface area (Å²) >= 11 is 0. The molecular formula is C22H22N2O. The highest BCUT2D eigenvalue weighted by Gasteiger charge is 2.03. The van der Waals surface area contributed by atoms with E-state index in [0.717, 1.165) is 22.4 Å². The van der Waals surface area contributed by atoms with Gasteiger partial charge in [0.1, 0.15) is 0 Å². The van der Waals surface area contributed by atoms with Gasteiger partial charge in [-0.05, 0) is 42.7 Å². The van der Waals surface area contributed by atoms with Gasteiger partial charge in [-0.3, -0.25) is 0 Å². The van der Waals surface area contributed by atoms with Gasteiger partial charge in [-0.15, -0.1) is 0 Å². The number of urea groups is 1. The van der Waals surface area contributed by atoms with Crippen molar-refractivity contribution in [1.82, 2.24) is 5.32 Å². The Morgan fingerprint density at radius 2 is 1.40 bits per heavy atom. The molecule has 3 rings (SSSR count). The molecule has 0 fully saturated rings. The van der Waals surface area contributed by atoms with Crippen molar-refractivity contribution in [2.24, 2.45) is 0 Å². The van der Waals surface area contributed by atoms with Gasteiger partial charge in [0.2, 0.25) is 0 Å². The molecule has 3 heteroatoms. The lowest BCUT2D eigenvalue weighted by Gasteiger charge is -2.10. The van der Waals surface area contributed by atoms with Crippen molar-refractivity contribution in [3.63, 3.8) is 0 Å². The molecular weight excluding hydrogens is 308 g/mol. The first-order valence-corrected chi connectivity index (χ1v) is 8.38. The molecule has 2 N–H and O–H groups in total. The third-order valence-corrected chi connectivity index (χ3v) is 3.98. The van der Waals surface area contributed by atoms with Gasteiger partial charge < -0.3 is 10.6 Å². The summed E-state index contributed by atoms with van der Waals surface area (Å²) in [4.78, 5) is 12.1. The monoisotopic (exact) mass is 330 g/mol. The summed E-state index contributed by atoms with van der Waals surface area (Å²) in [6, 6.07) is 24.1. The zero-order chi connectivity index (χ0) is 17.6. The summed E-state index contributed by atoms with van der Waals surface area (Å²) in [5, 5.41) is 5.77. The highest BCUT2D eigenvalue weighted by atomic mass is 16.2. The summed E-state index contributed by atoms with van der Waals surface area (Å²) in [6.45, 7) is 4.63. The fraction of sp³-hybridized carbons (Fsp3) is 0.136. The van der Waals surface area contributed by atoms with E-state index in [4.69, 9.17) is 0 Å². The number of rotatable bonds is 4. The Labute approximate surface area is 148 Å². The average Bonchev–Trinajstić information content (AvgIpc) is 2.61. The van der Waals surface area contributed by atoms with Crippen LogP contribution < -0.4 is 10.6 Å². The third kappa shape index (κ3) is 4.70. The molecule has 3 nitrogen and oxygen atoms in total. The van der Waals surface area contributed by atoms with Gasteiger partial charge in [0.15, 0.2) is 0 Å². The number of anilines is 1. The van der Waals surface area contributed by atoms with Gasteiger partial charge in [0.25, 0.3) is 0 Å². The van der Waals surface area contributed by atoms with Crippen LogP contribution in [0.25, 0.3) is 11.1 Å². The molecule has 0 saturated carbocycles. The smallest absolute Gasteiger partial charge is 0.319 e. The number of nitrogens with one attached hydrogen (secondary N) is 2. The van der Waals surface area contributed by atoms with Gasteiger partial charge in [-0.2, -0.15) is 0 Å². The standard InChI is InChI=1S/C22H22N2O/c1-16-12-17(2)14-18(13-16)15-23-22(25)24-21-10-8-20(9-11-21)19-6-4-3-5-7-19/h3-14H,15H2,1-2H3,(H2,23,24,25). The number of benzene rings is 3. The molecule has 0 aromatic heterocycles. The van der Waals surface area contributed by atoms with E-state index in [0.29, 0.717) is 6.54 Å². The van der Waals surface area contributed by atoms with Gasteiger partial charge in [0, 0.05) is 12.2 Å². The molecule has 3 aromatic carbocycles. The minimum Gasteiger partial charge on any atom is -0.334 e. The first-order chi connectivity index (χ1) is 12.1. The molecule has 0 saturated heterocycles. The molecule has 0 radical (unpaired) electrons. The lowest BCUT2D eigenvalue weighted by atomic mass is 10.1. The molecule has 2 amide bonds. The lowest BCUT2D eigenvalue weighted by molar-refractivity contribution is 0.251. The summed E-state index contributed by atoms with van der Waals surface area (Å²) < 4.78 is 0. The molecule has 0 atom stereocenters. The van der Waals surface area contributed by atoms with Gasteiger partial charge in [0.05, 0.1) is 0 Å². The van der Waals surface area contributed by atoms with Crippen molar-refractivity contribution in [2.45, 2.75) is 20.4 Å². The molecule has 3 aromatic rings. The van der Waals surface area contributed by atoms with E-state index in [1.165, 1.54) is 11.1 Å². The van der Waals surface area contributed by atoms with Crippen LogP contribution in [0, 0.1) is 13.8 Å². The molecule has 0 aliphatic carbocycles. The second kappa shape index (κ2) is 7.67.